The molecule has 43 heavy (non-hydrogen) atoms. The van der Waals surface area contributed by atoms with Gasteiger partial charge in [-0.25, -0.2) is 4.79 Å². The molecule has 3 aromatic rings. The van der Waals surface area contributed by atoms with Crippen LogP contribution >= 0.6 is 0 Å². The summed E-state index contributed by atoms with van der Waals surface area (Å²) in [4.78, 5) is 14.9. The van der Waals surface area contributed by atoms with Crippen molar-refractivity contribution in [2.45, 2.75) is 55.9 Å². The van der Waals surface area contributed by atoms with Crippen LogP contribution < -0.4 is 5.73 Å². The number of ether oxygens (including phenoxy) is 2. The first-order chi connectivity index (χ1) is 20.2. The third kappa shape index (κ3) is 7.29. The van der Waals surface area contributed by atoms with Crippen molar-refractivity contribution < 1.29 is 40.6 Å². The van der Waals surface area contributed by atoms with E-state index in [1.165, 1.54) is 11.8 Å². The number of hydrogen-bond acceptors (Lipinski definition) is 5. The minimum atomic E-state index is -5.02. The number of piperidine rings is 1. The Bertz CT molecular complexity index is 1430. The number of likely N-dealkylation sites (tertiary alicyclic amines) is 1. The topological polar surface area (TPSA) is 88.6 Å². The molecule has 0 aromatic heterocycles. The fourth-order valence-corrected chi connectivity index (χ4v) is 5.06. The minimum Gasteiger partial charge on any atom is -0.445 e. The van der Waals surface area contributed by atoms with Crippen LogP contribution in [0, 0.1) is 11.3 Å². The maximum atomic E-state index is 13.6. The van der Waals surface area contributed by atoms with Gasteiger partial charge in [0.15, 0.2) is 0 Å². The molecule has 1 fully saturated rings. The lowest BCUT2D eigenvalue weighted by Gasteiger charge is -2.50. The summed E-state index contributed by atoms with van der Waals surface area (Å²) in [6, 6.07) is 20.8. The second-order valence-electron chi connectivity index (χ2n) is 10.6. The summed E-state index contributed by atoms with van der Waals surface area (Å²) in [5.74, 6) is 0. The molecule has 228 valence electrons. The average Bonchev–Trinajstić information content (AvgIpc) is 2.99. The van der Waals surface area contributed by atoms with Crippen LogP contribution in [0.25, 0.3) is 0 Å². The fraction of sp³-hybridized carbons (Fsp3) is 0.355. The SMILES string of the molecule is C[C@@H](OC[C@@]1(c2ccccc2)CCC(N)(C#N)CN1C(=O)OCc1ccccc1)c1cc(C(F)(F)F)cc(C(F)(F)F)c1. The Balaban J connectivity index is 1.70. The van der Waals surface area contributed by atoms with Crippen molar-refractivity contribution in [2.75, 3.05) is 13.2 Å². The van der Waals surface area contributed by atoms with E-state index in [4.69, 9.17) is 15.2 Å². The summed E-state index contributed by atoms with van der Waals surface area (Å²) in [6.45, 7) is 0.647. The smallest absolute Gasteiger partial charge is 0.416 e. The number of rotatable bonds is 7. The van der Waals surface area contributed by atoms with Gasteiger partial charge in [0.1, 0.15) is 12.1 Å². The molecule has 12 heteroatoms. The van der Waals surface area contributed by atoms with Gasteiger partial charge in [0.05, 0.1) is 42.0 Å². The van der Waals surface area contributed by atoms with Crippen LogP contribution in [0.15, 0.2) is 78.9 Å². The van der Waals surface area contributed by atoms with Crippen LogP contribution in [-0.4, -0.2) is 29.7 Å². The van der Waals surface area contributed by atoms with Crippen LogP contribution in [0.3, 0.4) is 0 Å². The quantitative estimate of drug-likeness (QED) is 0.285. The van der Waals surface area contributed by atoms with Crippen LogP contribution in [-0.2, 0) is 34.0 Å². The molecule has 6 nitrogen and oxygen atoms in total. The lowest BCUT2D eigenvalue weighted by Crippen LogP contribution is -2.64. The standard InChI is InChI=1S/C31H29F6N3O3/c1-21(23-14-25(30(32,33)34)16-26(15-23)31(35,36)37)43-20-29(24-10-6-3-7-11-24)13-12-28(39,18-38)19-40(29)27(41)42-17-22-8-4-2-5-9-22/h2-11,14-16,21H,12-13,17,19-20,39H2,1H3/t21-,28?,29-/m1/s1. The second kappa shape index (κ2) is 12.3. The van der Waals surface area contributed by atoms with Crippen molar-refractivity contribution in [3.8, 4) is 6.07 Å². The van der Waals surface area contributed by atoms with Gasteiger partial charge in [0, 0.05) is 0 Å². The number of benzene rings is 3. The van der Waals surface area contributed by atoms with E-state index in [-0.39, 0.29) is 44.2 Å². The highest BCUT2D eigenvalue weighted by molar-refractivity contribution is 5.70. The third-order valence-corrected chi connectivity index (χ3v) is 7.55. The maximum absolute atomic E-state index is 13.6. The number of alkyl halides is 6. The molecule has 3 atom stereocenters. The highest BCUT2D eigenvalue weighted by atomic mass is 19.4. The number of nitrogens with two attached hydrogens (primary N) is 1. The second-order valence-corrected chi connectivity index (χ2v) is 10.6. The van der Waals surface area contributed by atoms with Crippen molar-refractivity contribution in [1.29, 1.82) is 5.26 Å². The fourth-order valence-electron chi connectivity index (χ4n) is 5.06. The summed E-state index contributed by atoms with van der Waals surface area (Å²) >= 11 is 0. The van der Waals surface area contributed by atoms with Crippen LogP contribution in [0.1, 0.15) is 53.7 Å². The van der Waals surface area contributed by atoms with Crippen molar-refractivity contribution in [1.82, 2.24) is 4.90 Å². The Labute approximate surface area is 244 Å². The molecule has 3 aromatic carbocycles. The Morgan fingerprint density at radius 3 is 2.05 bits per heavy atom. The monoisotopic (exact) mass is 605 g/mol. The summed E-state index contributed by atoms with van der Waals surface area (Å²) in [7, 11) is 0. The molecular formula is C31H29F6N3O3. The van der Waals surface area contributed by atoms with E-state index in [1.54, 1.807) is 60.7 Å². The number of halogens is 6. The lowest BCUT2D eigenvalue weighted by molar-refractivity contribution is -0.143. The Hall–Kier alpha value is -4.08. The zero-order valence-electron chi connectivity index (χ0n) is 23.1. The van der Waals surface area contributed by atoms with Gasteiger partial charge < -0.3 is 15.2 Å². The predicted molar refractivity (Wildman–Crippen MR) is 144 cm³/mol. The van der Waals surface area contributed by atoms with Crippen LogP contribution in [0.5, 0.6) is 0 Å². The van der Waals surface area contributed by atoms with E-state index in [9.17, 15) is 36.4 Å². The maximum Gasteiger partial charge on any atom is 0.416 e. The molecule has 2 N–H and O–H groups in total. The van der Waals surface area contributed by atoms with Gasteiger partial charge in [-0.2, -0.15) is 31.6 Å². The summed E-state index contributed by atoms with van der Waals surface area (Å²) in [5, 5.41) is 9.78. The Morgan fingerprint density at radius 2 is 1.51 bits per heavy atom. The molecule has 1 saturated heterocycles. The molecule has 0 saturated carbocycles. The minimum absolute atomic E-state index is 0.0516. The Kier molecular flexibility index (Phi) is 9.08. The van der Waals surface area contributed by atoms with Crippen LogP contribution in [0.2, 0.25) is 0 Å². The first kappa shape index (κ1) is 31.8. The van der Waals surface area contributed by atoms with Gasteiger partial charge in [-0.15, -0.1) is 0 Å². The zero-order chi connectivity index (χ0) is 31.5. The molecule has 0 spiro atoms. The number of nitriles is 1. The molecule has 1 aliphatic heterocycles. The van der Waals surface area contributed by atoms with Gasteiger partial charge in [-0.05, 0) is 54.7 Å². The molecular weight excluding hydrogens is 576 g/mol. The van der Waals surface area contributed by atoms with E-state index in [2.05, 4.69) is 0 Å². The van der Waals surface area contributed by atoms with Crippen molar-refractivity contribution in [3.63, 3.8) is 0 Å². The predicted octanol–water partition coefficient (Wildman–Crippen LogP) is 7.35. The molecule has 1 heterocycles. The normalized spacial score (nSPS) is 21.6. The van der Waals surface area contributed by atoms with Gasteiger partial charge in [-0.3, -0.25) is 4.90 Å². The first-order valence-electron chi connectivity index (χ1n) is 13.3. The van der Waals surface area contributed by atoms with Gasteiger partial charge in [0.25, 0.3) is 0 Å². The number of carbonyl (C=O) groups is 1. The number of carbonyl (C=O) groups excluding carboxylic acids is 1. The third-order valence-electron chi connectivity index (χ3n) is 7.55. The number of amides is 1. The van der Waals surface area contributed by atoms with E-state index in [1.807, 2.05) is 6.07 Å². The lowest BCUT2D eigenvalue weighted by atomic mass is 9.75. The van der Waals surface area contributed by atoms with E-state index in [0.29, 0.717) is 23.3 Å². The van der Waals surface area contributed by atoms with Crippen molar-refractivity contribution in [3.05, 3.63) is 107 Å². The molecule has 1 aliphatic rings. The molecule has 1 unspecified atom stereocenters. The van der Waals surface area contributed by atoms with Gasteiger partial charge in [0.2, 0.25) is 0 Å². The highest BCUT2D eigenvalue weighted by Gasteiger charge is 2.51. The molecule has 1 amide bonds. The summed E-state index contributed by atoms with van der Waals surface area (Å²) in [6.07, 6.45) is -11.9. The summed E-state index contributed by atoms with van der Waals surface area (Å²) in [5.41, 5.74) is 1.55. The largest absolute Gasteiger partial charge is 0.445 e. The highest BCUT2D eigenvalue weighted by Crippen LogP contribution is 2.43. The average molecular weight is 606 g/mol. The van der Waals surface area contributed by atoms with E-state index >= 15 is 0 Å². The first-order valence-corrected chi connectivity index (χ1v) is 13.3. The zero-order valence-corrected chi connectivity index (χ0v) is 23.1. The van der Waals surface area contributed by atoms with Gasteiger partial charge in [-0.1, -0.05) is 60.7 Å². The number of nitrogens with zero attached hydrogens (tertiary/aromatic N) is 2. The molecule has 0 radical (unpaired) electrons. The summed E-state index contributed by atoms with van der Waals surface area (Å²) < 4.78 is 92.6. The van der Waals surface area contributed by atoms with Crippen LogP contribution in [0.4, 0.5) is 31.1 Å². The van der Waals surface area contributed by atoms with Gasteiger partial charge >= 0.3 is 18.4 Å². The van der Waals surface area contributed by atoms with E-state index in [0.717, 1.165) is 0 Å². The molecule has 4 rings (SSSR count). The van der Waals surface area contributed by atoms with E-state index < -0.39 is 46.8 Å². The number of hydrogen-bond donors (Lipinski definition) is 1. The van der Waals surface area contributed by atoms with Crippen molar-refractivity contribution >= 4 is 6.09 Å². The molecule has 0 bridgehead atoms. The Morgan fingerprint density at radius 1 is 0.953 bits per heavy atom. The van der Waals surface area contributed by atoms with Crippen molar-refractivity contribution in [2.24, 2.45) is 5.73 Å². The molecule has 0 aliphatic carbocycles.